The van der Waals surface area contributed by atoms with Crippen molar-refractivity contribution in [3.05, 3.63) is 77.9 Å². The van der Waals surface area contributed by atoms with Gasteiger partial charge in [-0.15, -0.1) is 0 Å². The van der Waals surface area contributed by atoms with E-state index in [0.717, 1.165) is 52.3 Å². The maximum absolute atomic E-state index is 13.8. The molecule has 2 atom stereocenters. The van der Waals surface area contributed by atoms with Crippen LogP contribution in [-0.4, -0.2) is 24.2 Å². The van der Waals surface area contributed by atoms with E-state index in [-0.39, 0.29) is 11.8 Å². The SMILES string of the molecule is C=C/C(=C\N=C(C)C(C)(N)F)CNC(=C)c1cc(O[C@H](CC)CCC)cc(C(=C)S/C(C)=C\C)c1. The Labute approximate surface area is 216 Å². The molecule has 4 nitrogen and oxygen atoms in total. The number of hydrogen-bond acceptors (Lipinski definition) is 5. The minimum Gasteiger partial charge on any atom is -0.490 e. The predicted molar refractivity (Wildman–Crippen MR) is 154 cm³/mol. The van der Waals surface area contributed by atoms with Crippen molar-refractivity contribution >= 4 is 28.1 Å². The van der Waals surface area contributed by atoms with Gasteiger partial charge in [0.05, 0.1) is 11.8 Å². The molecule has 0 saturated heterocycles. The fourth-order valence-corrected chi connectivity index (χ4v) is 3.70. The fourth-order valence-electron chi connectivity index (χ4n) is 2.96. The molecule has 1 unspecified atom stereocenters. The molecule has 1 aromatic rings. The molecule has 0 radical (unpaired) electrons. The Kier molecular flexibility index (Phi) is 12.8. The van der Waals surface area contributed by atoms with Crippen LogP contribution in [0.25, 0.3) is 10.6 Å². The van der Waals surface area contributed by atoms with Gasteiger partial charge in [0.25, 0.3) is 0 Å². The van der Waals surface area contributed by atoms with Crippen molar-refractivity contribution < 1.29 is 9.13 Å². The Hall–Kier alpha value is -2.57. The van der Waals surface area contributed by atoms with Crippen LogP contribution < -0.4 is 15.8 Å². The molecule has 1 rings (SSSR count). The minimum absolute atomic E-state index is 0.155. The summed E-state index contributed by atoms with van der Waals surface area (Å²) in [7, 11) is 0. The molecule has 0 spiro atoms. The van der Waals surface area contributed by atoms with Crippen molar-refractivity contribution in [1.29, 1.82) is 0 Å². The van der Waals surface area contributed by atoms with Gasteiger partial charge in [-0.25, -0.2) is 4.39 Å². The highest BCUT2D eigenvalue weighted by Crippen LogP contribution is 2.35. The third-order valence-electron chi connectivity index (χ3n) is 5.54. The van der Waals surface area contributed by atoms with Crippen LogP contribution in [0, 0.1) is 0 Å². The van der Waals surface area contributed by atoms with Crippen molar-refractivity contribution in [1.82, 2.24) is 5.32 Å². The van der Waals surface area contributed by atoms with Crippen LogP contribution in [-0.2, 0) is 0 Å². The Morgan fingerprint density at radius 2 is 1.91 bits per heavy atom. The number of thioether (sulfide) groups is 1. The van der Waals surface area contributed by atoms with Crippen LogP contribution >= 0.6 is 11.8 Å². The summed E-state index contributed by atoms with van der Waals surface area (Å²) in [5.74, 6) is -1.17. The van der Waals surface area contributed by atoms with Gasteiger partial charge in [0, 0.05) is 28.9 Å². The Bertz CT molecular complexity index is 986. The van der Waals surface area contributed by atoms with E-state index in [9.17, 15) is 4.39 Å². The Balaban J connectivity index is 3.20. The molecule has 0 aliphatic rings. The number of benzene rings is 1. The summed E-state index contributed by atoms with van der Waals surface area (Å²) in [6.07, 6.45) is 8.45. The van der Waals surface area contributed by atoms with Crippen LogP contribution in [0.15, 0.2) is 71.8 Å². The molecule has 0 aromatic heterocycles. The van der Waals surface area contributed by atoms with Crippen molar-refractivity contribution in [3.63, 3.8) is 0 Å². The smallest absolute Gasteiger partial charge is 0.194 e. The summed E-state index contributed by atoms with van der Waals surface area (Å²) < 4.78 is 20.2. The number of halogens is 1. The molecule has 3 N–H and O–H groups in total. The first-order valence-electron chi connectivity index (χ1n) is 12.0. The lowest BCUT2D eigenvalue weighted by molar-refractivity contribution is 0.185. The number of allylic oxidation sites excluding steroid dienone is 2. The van der Waals surface area contributed by atoms with Crippen molar-refractivity contribution in [2.24, 2.45) is 10.7 Å². The molecular weight excluding hydrogens is 457 g/mol. The molecule has 0 aliphatic carbocycles. The lowest BCUT2D eigenvalue weighted by atomic mass is 10.1. The van der Waals surface area contributed by atoms with Crippen LogP contribution in [0.2, 0.25) is 0 Å². The number of hydrogen-bond donors (Lipinski definition) is 2. The zero-order chi connectivity index (χ0) is 26.6. The van der Waals surface area contributed by atoms with E-state index in [2.05, 4.69) is 63.0 Å². The number of nitrogens with zero attached hydrogens (tertiary/aromatic N) is 1. The van der Waals surface area contributed by atoms with Crippen molar-refractivity contribution in [3.8, 4) is 5.75 Å². The van der Waals surface area contributed by atoms with Gasteiger partial charge < -0.3 is 10.1 Å². The molecule has 0 bridgehead atoms. The summed E-state index contributed by atoms with van der Waals surface area (Å²) in [5.41, 5.74) is 9.04. The van der Waals surface area contributed by atoms with Gasteiger partial charge in [0.15, 0.2) is 5.79 Å². The fraction of sp³-hybridized carbons (Fsp3) is 0.414. The van der Waals surface area contributed by atoms with Crippen LogP contribution in [0.1, 0.15) is 71.9 Å². The zero-order valence-corrected chi connectivity index (χ0v) is 23.0. The second kappa shape index (κ2) is 14.7. The summed E-state index contributed by atoms with van der Waals surface area (Å²) in [5, 5.41) is 3.32. The topological polar surface area (TPSA) is 59.6 Å². The van der Waals surface area contributed by atoms with E-state index in [1.807, 2.05) is 19.1 Å². The van der Waals surface area contributed by atoms with E-state index < -0.39 is 5.79 Å². The summed E-state index contributed by atoms with van der Waals surface area (Å²) in [6.45, 7) is 24.0. The number of ether oxygens (including phenoxy) is 1. The number of nitrogens with one attached hydrogen (secondary N) is 1. The second-order valence-corrected chi connectivity index (χ2v) is 9.98. The van der Waals surface area contributed by atoms with E-state index in [1.165, 1.54) is 11.8 Å². The van der Waals surface area contributed by atoms with Crippen LogP contribution in [0.3, 0.4) is 0 Å². The average molecular weight is 500 g/mol. The molecule has 0 heterocycles. The maximum Gasteiger partial charge on any atom is 0.194 e. The number of aliphatic imine (C=N–C) groups is 1. The van der Waals surface area contributed by atoms with E-state index >= 15 is 0 Å². The molecule has 192 valence electrons. The first-order chi connectivity index (χ1) is 16.4. The van der Waals surface area contributed by atoms with Gasteiger partial charge in [-0.2, -0.15) is 0 Å². The molecule has 0 aliphatic heterocycles. The van der Waals surface area contributed by atoms with Crippen molar-refractivity contribution in [2.45, 2.75) is 72.7 Å². The first-order valence-corrected chi connectivity index (χ1v) is 12.9. The average Bonchev–Trinajstić information content (AvgIpc) is 2.82. The third-order valence-corrected chi connectivity index (χ3v) is 6.58. The van der Waals surface area contributed by atoms with Crippen molar-refractivity contribution in [2.75, 3.05) is 6.54 Å². The highest BCUT2D eigenvalue weighted by atomic mass is 32.2. The predicted octanol–water partition coefficient (Wildman–Crippen LogP) is 8.01. The number of rotatable bonds is 15. The molecule has 6 heteroatoms. The highest BCUT2D eigenvalue weighted by molar-refractivity contribution is 8.11. The van der Waals surface area contributed by atoms with E-state index in [1.54, 1.807) is 31.0 Å². The van der Waals surface area contributed by atoms with Gasteiger partial charge >= 0.3 is 0 Å². The highest BCUT2D eigenvalue weighted by Gasteiger charge is 2.19. The number of nitrogens with two attached hydrogens (primary N) is 1. The van der Waals surface area contributed by atoms with Crippen LogP contribution in [0.5, 0.6) is 5.75 Å². The monoisotopic (exact) mass is 499 g/mol. The summed E-state index contributed by atoms with van der Waals surface area (Å²) in [6, 6.07) is 6.10. The van der Waals surface area contributed by atoms with E-state index in [4.69, 9.17) is 10.5 Å². The molecule has 0 amide bonds. The summed E-state index contributed by atoms with van der Waals surface area (Å²) >= 11 is 1.63. The van der Waals surface area contributed by atoms with Gasteiger partial charge in [-0.05, 0) is 74.8 Å². The lowest BCUT2D eigenvalue weighted by Gasteiger charge is -2.20. The largest absolute Gasteiger partial charge is 0.490 e. The third kappa shape index (κ3) is 10.7. The van der Waals surface area contributed by atoms with Gasteiger partial charge in [0.2, 0.25) is 0 Å². The van der Waals surface area contributed by atoms with Crippen LogP contribution in [0.4, 0.5) is 4.39 Å². The van der Waals surface area contributed by atoms with Gasteiger partial charge in [-0.1, -0.05) is 63.9 Å². The maximum atomic E-state index is 13.8. The van der Waals surface area contributed by atoms with Gasteiger partial charge in [-0.3, -0.25) is 10.7 Å². The molecule has 0 fully saturated rings. The standard InChI is InChI=1S/C29H42FN3OS/c1-10-14-27(13-4)34-28-16-25(15-26(17-28)22(7)35-20(5)11-2)21(6)32-18-24(12-3)19-33-23(8)29(9,30)31/h11-12,15-17,19,27,32H,3,6-7,10,13-14,18,31H2,1-2,4-5,8-9H3/b20-11-,24-19+,33-23?/t27-,29?/m1/s1. The quantitative estimate of drug-likeness (QED) is 0.146. The molecular formula is C29H42FN3OS. The second-order valence-electron chi connectivity index (χ2n) is 8.64. The van der Waals surface area contributed by atoms with E-state index in [0.29, 0.717) is 6.54 Å². The minimum atomic E-state index is -1.96. The van der Waals surface area contributed by atoms with Gasteiger partial charge in [0.1, 0.15) is 5.75 Å². The lowest BCUT2D eigenvalue weighted by Crippen LogP contribution is -2.38. The number of alkyl halides is 1. The molecule has 0 saturated carbocycles. The first kappa shape index (κ1) is 30.5. The zero-order valence-electron chi connectivity index (χ0n) is 22.2. The Morgan fingerprint density at radius 1 is 1.26 bits per heavy atom. The Morgan fingerprint density at radius 3 is 2.46 bits per heavy atom. The normalized spacial score (nSPS) is 15.3. The molecule has 35 heavy (non-hydrogen) atoms. The summed E-state index contributed by atoms with van der Waals surface area (Å²) in [4.78, 5) is 6.26. The molecule has 1 aromatic carbocycles.